The van der Waals surface area contributed by atoms with Gasteiger partial charge in [-0.2, -0.15) is 0 Å². The van der Waals surface area contributed by atoms with E-state index in [2.05, 4.69) is 11.9 Å². The monoisotopic (exact) mass is 557 g/mol. The van der Waals surface area contributed by atoms with Crippen molar-refractivity contribution in [1.29, 1.82) is 0 Å². The van der Waals surface area contributed by atoms with Crippen LogP contribution in [0, 0.1) is 5.92 Å². The van der Waals surface area contributed by atoms with Crippen molar-refractivity contribution in [2.24, 2.45) is 11.7 Å². The standard InChI is InChI=1S/C29H39N3O8/c1-7-10-20-24-23(39-29(37)32(24)13-8-2)15-21(25(20)34)31-27(35)18(4)11-9-12-22(38-6)26(40-28(30)36)19(5)14-17(3)16-33/h8-9,11-12,14-15,17,22,26,33-34H,2,7,10,13,16H2,1,3-6H3,(H2,30,36)(H,31,35)/b12-9-,18-11+,19-14+/t17-,22-,26-/m0/s1. The van der Waals surface area contributed by atoms with E-state index in [1.807, 2.05) is 6.92 Å². The van der Waals surface area contributed by atoms with Crippen molar-refractivity contribution in [1.82, 2.24) is 4.57 Å². The molecule has 11 nitrogen and oxygen atoms in total. The van der Waals surface area contributed by atoms with Gasteiger partial charge in [-0.25, -0.2) is 9.59 Å². The van der Waals surface area contributed by atoms with Gasteiger partial charge in [0.1, 0.15) is 11.9 Å². The van der Waals surface area contributed by atoms with Crippen LogP contribution in [0.1, 0.15) is 39.7 Å². The number of hydrogen-bond acceptors (Lipinski definition) is 8. The zero-order valence-electron chi connectivity index (χ0n) is 23.6. The van der Waals surface area contributed by atoms with E-state index in [1.165, 1.54) is 23.8 Å². The number of ether oxygens (including phenoxy) is 2. The van der Waals surface area contributed by atoms with Crippen LogP contribution in [0.25, 0.3) is 11.1 Å². The highest BCUT2D eigenvalue weighted by atomic mass is 16.6. The lowest BCUT2D eigenvalue weighted by Gasteiger charge is -2.24. The number of aromatic hydroxyl groups is 1. The number of nitrogens with zero attached hydrogens (tertiary/aromatic N) is 1. The molecule has 0 radical (unpaired) electrons. The maximum atomic E-state index is 12.9. The number of phenols is 1. The first-order chi connectivity index (χ1) is 19.0. The lowest BCUT2D eigenvalue weighted by molar-refractivity contribution is -0.112. The molecular weight excluding hydrogens is 518 g/mol. The molecule has 0 bridgehead atoms. The van der Waals surface area contributed by atoms with Gasteiger partial charge in [0.25, 0.3) is 5.91 Å². The number of aliphatic hydroxyl groups excluding tert-OH is 1. The van der Waals surface area contributed by atoms with E-state index < -0.39 is 30.0 Å². The van der Waals surface area contributed by atoms with Gasteiger partial charge < -0.3 is 35.2 Å². The number of aryl methyl sites for hydroxylation is 1. The lowest BCUT2D eigenvalue weighted by atomic mass is 10.0. The number of methoxy groups -OCH3 is 1. The van der Waals surface area contributed by atoms with Crippen LogP contribution in [0.5, 0.6) is 5.75 Å². The number of primary amides is 1. The Morgan fingerprint density at radius 2 is 2.02 bits per heavy atom. The van der Waals surface area contributed by atoms with Crippen molar-refractivity contribution >= 4 is 28.8 Å². The number of amides is 2. The van der Waals surface area contributed by atoms with Crippen molar-refractivity contribution in [3.8, 4) is 5.75 Å². The van der Waals surface area contributed by atoms with Gasteiger partial charge in [0, 0.05) is 37.5 Å². The Balaban J connectivity index is 2.33. The minimum absolute atomic E-state index is 0.0829. The largest absolute Gasteiger partial charge is 0.505 e. The molecule has 218 valence electrons. The van der Waals surface area contributed by atoms with Crippen molar-refractivity contribution in [3.05, 3.63) is 70.3 Å². The van der Waals surface area contributed by atoms with Gasteiger partial charge >= 0.3 is 11.8 Å². The number of allylic oxidation sites excluding steroid dienone is 3. The van der Waals surface area contributed by atoms with E-state index in [1.54, 1.807) is 45.1 Å². The summed E-state index contributed by atoms with van der Waals surface area (Å²) in [4.78, 5) is 36.8. The fourth-order valence-corrected chi connectivity index (χ4v) is 4.23. The number of benzene rings is 1. The predicted octanol–water partition coefficient (Wildman–Crippen LogP) is 3.93. The van der Waals surface area contributed by atoms with Crippen LogP contribution in [-0.4, -0.2) is 52.7 Å². The summed E-state index contributed by atoms with van der Waals surface area (Å²) >= 11 is 0. The van der Waals surface area contributed by atoms with E-state index >= 15 is 0 Å². The summed E-state index contributed by atoms with van der Waals surface area (Å²) in [5, 5.41) is 23.0. The number of fused-ring (bicyclic) bond motifs is 1. The Bertz CT molecular complexity index is 1370. The van der Waals surface area contributed by atoms with Crippen molar-refractivity contribution in [2.75, 3.05) is 19.0 Å². The quantitative estimate of drug-likeness (QED) is 0.117. The number of nitrogens with one attached hydrogen (secondary N) is 1. The molecule has 0 aliphatic rings. The summed E-state index contributed by atoms with van der Waals surface area (Å²) in [6.45, 7) is 10.8. The minimum atomic E-state index is -0.981. The Kier molecular flexibility index (Phi) is 12.0. The van der Waals surface area contributed by atoms with Gasteiger partial charge in [-0.1, -0.05) is 50.6 Å². The lowest BCUT2D eigenvalue weighted by Crippen LogP contribution is -2.34. The molecule has 0 aliphatic carbocycles. The first-order valence-corrected chi connectivity index (χ1v) is 12.9. The molecule has 2 aromatic rings. The van der Waals surface area contributed by atoms with Crippen LogP contribution in [0.4, 0.5) is 10.5 Å². The van der Waals surface area contributed by atoms with Crippen LogP contribution in [0.2, 0.25) is 0 Å². The molecule has 1 heterocycles. The molecule has 2 amide bonds. The Morgan fingerprint density at radius 1 is 1.32 bits per heavy atom. The number of nitrogens with two attached hydrogens (primary N) is 1. The summed E-state index contributed by atoms with van der Waals surface area (Å²) in [6.07, 6.45) is 6.60. The number of phenolic OH excluding ortho intramolecular Hbond substituents is 1. The third-order valence-electron chi connectivity index (χ3n) is 6.19. The molecule has 40 heavy (non-hydrogen) atoms. The zero-order valence-corrected chi connectivity index (χ0v) is 23.6. The van der Waals surface area contributed by atoms with E-state index in [0.717, 1.165) is 0 Å². The number of anilines is 1. The minimum Gasteiger partial charge on any atom is -0.505 e. The summed E-state index contributed by atoms with van der Waals surface area (Å²) in [7, 11) is 1.44. The number of rotatable bonds is 14. The average molecular weight is 558 g/mol. The van der Waals surface area contributed by atoms with Crippen molar-refractivity contribution in [3.63, 3.8) is 0 Å². The second-order valence-corrected chi connectivity index (χ2v) is 9.43. The first-order valence-electron chi connectivity index (χ1n) is 12.9. The number of carbonyl (C=O) groups is 2. The molecule has 0 fully saturated rings. The molecule has 0 unspecified atom stereocenters. The molecule has 0 saturated heterocycles. The van der Waals surface area contributed by atoms with Gasteiger partial charge in [0.2, 0.25) is 0 Å². The molecule has 0 saturated carbocycles. The maximum Gasteiger partial charge on any atom is 0.420 e. The average Bonchev–Trinajstić information content (AvgIpc) is 3.21. The van der Waals surface area contributed by atoms with Crippen molar-refractivity contribution in [2.45, 2.75) is 59.3 Å². The molecule has 0 spiro atoms. The Hall–Kier alpha value is -4.09. The number of carbonyl (C=O) groups excluding carboxylic acids is 2. The second-order valence-electron chi connectivity index (χ2n) is 9.43. The normalized spacial score (nSPS) is 14.8. The number of aliphatic hydroxyl groups is 1. The molecule has 1 aromatic carbocycles. The van der Waals surface area contributed by atoms with E-state index in [0.29, 0.717) is 35.1 Å². The number of hydrogen-bond donors (Lipinski definition) is 4. The number of aromatic nitrogens is 1. The Labute approximate surface area is 233 Å². The molecule has 5 N–H and O–H groups in total. The Morgan fingerprint density at radius 3 is 2.60 bits per heavy atom. The topological polar surface area (TPSA) is 166 Å². The highest BCUT2D eigenvalue weighted by molar-refractivity contribution is 6.05. The highest BCUT2D eigenvalue weighted by Crippen LogP contribution is 2.36. The van der Waals surface area contributed by atoms with Gasteiger partial charge in [-0.05, 0) is 31.8 Å². The maximum absolute atomic E-state index is 12.9. The molecule has 11 heteroatoms. The van der Waals surface area contributed by atoms with Crippen LogP contribution >= 0.6 is 0 Å². The molecular formula is C29H39N3O8. The highest BCUT2D eigenvalue weighted by Gasteiger charge is 2.25. The second kappa shape index (κ2) is 14.9. The third-order valence-corrected chi connectivity index (χ3v) is 6.19. The van der Waals surface area contributed by atoms with Crippen LogP contribution in [-0.2, 0) is 27.2 Å². The van der Waals surface area contributed by atoms with Crippen LogP contribution in [0.3, 0.4) is 0 Å². The molecule has 3 atom stereocenters. The summed E-state index contributed by atoms with van der Waals surface area (Å²) in [5.41, 5.74) is 7.49. The number of oxazole rings is 1. The summed E-state index contributed by atoms with van der Waals surface area (Å²) < 4.78 is 17.5. The molecule has 1 aromatic heterocycles. The SMILES string of the molecule is C=CCn1c(=O)oc2cc(NC(=O)/C(C)=C/C=C\[C@H](OC)[C@@H](OC(N)=O)/C(C)=C/[C@H](C)CO)c(O)c(CCC)c21. The van der Waals surface area contributed by atoms with Gasteiger partial charge in [0.15, 0.2) is 11.7 Å². The van der Waals surface area contributed by atoms with Gasteiger partial charge in [0.05, 0.1) is 11.2 Å². The molecule has 0 aliphatic heterocycles. The summed E-state index contributed by atoms with van der Waals surface area (Å²) in [5.74, 6) is -1.40. The van der Waals surface area contributed by atoms with Crippen molar-refractivity contribution < 1.29 is 33.7 Å². The zero-order chi connectivity index (χ0) is 30.0. The fraction of sp³-hybridized carbons (Fsp3) is 0.414. The summed E-state index contributed by atoms with van der Waals surface area (Å²) in [6, 6.07) is 1.42. The fourth-order valence-electron chi connectivity index (χ4n) is 4.23. The third kappa shape index (κ3) is 7.96. The van der Waals surface area contributed by atoms with E-state index in [4.69, 9.17) is 19.6 Å². The van der Waals surface area contributed by atoms with E-state index in [9.17, 15) is 24.6 Å². The van der Waals surface area contributed by atoms with Crippen LogP contribution < -0.4 is 16.8 Å². The smallest absolute Gasteiger partial charge is 0.420 e. The van der Waals surface area contributed by atoms with Gasteiger partial charge in [-0.15, -0.1) is 6.58 Å². The molecule has 2 rings (SSSR count). The van der Waals surface area contributed by atoms with E-state index in [-0.39, 0.29) is 36.1 Å². The van der Waals surface area contributed by atoms with Crippen LogP contribution in [0.15, 0.2) is 63.4 Å². The first kappa shape index (κ1) is 32.1. The predicted molar refractivity (Wildman–Crippen MR) is 153 cm³/mol. The van der Waals surface area contributed by atoms with Gasteiger partial charge in [-0.3, -0.25) is 9.36 Å².